The molecule has 8 nitrogen and oxygen atoms in total. The molecular formula is C20H20F2N4O4. The quantitative estimate of drug-likeness (QED) is 0.494. The molecule has 1 aromatic carbocycles. The van der Waals surface area contributed by atoms with Crippen LogP contribution in [0.15, 0.2) is 29.2 Å². The molecular weight excluding hydrogens is 398 g/mol. The van der Waals surface area contributed by atoms with E-state index in [0.29, 0.717) is 36.2 Å². The fourth-order valence-corrected chi connectivity index (χ4v) is 3.71. The van der Waals surface area contributed by atoms with Gasteiger partial charge in [0.15, 0.2) is 0 Å². The van der Waals surface area contributed by atoms with Gasteiger partial charge in [-0.25, -0.2) is 18.6 Å². The van der Waals surface area contributed by atoms with Crippen LogP contribution in [0.5, 0.6) is 0 Å². The van der Waals surface area contributed by atoms with E-state index >= 15 is 0 Å². The van der Waals surface area contributed by atoms with Gasteiger partial charge in [-0.05, 0) is 18.2 Å². The second-order valence-corrected chi connectivity index (χ2v) is 7.19. The first-order valence-corrected chi connectivity index (χ1v) is 9.49. The van der Waals surface area contributed by atoms with Crippen LogP contribution in [-0.4, -0.2) is 64.7 Å². The molecule has 3 N–H and O–H groups in total. The number of carbonyl (C=O) groups is 1. The Morgan fingerprint density at radius 2 is 2.07 bits per heavy atom. The number of fused-ring (bicyclic) bond motifs is 2. The Bertz CT molecular complexity index is 1190. The summed E-state index contributed by atoms with van der Waals surface area (Å²) in [6.45, 7) is 0.725. The lowest BCUT2D eigenvalue weighted by atomic mass is 10.1. The number of rotatable bonds is 7. The van der Waals surface area contributed by atoms with Gasteiger partial charge in [0, 0.05) is 37.3 Å². The van der Waals surface area contributed by atoms with Crippen molar-refractivity contribution in [3.63, 3.8) is 0 Å². The number of pyridine rings is 2. The van der Waals surface area contributed by atoms with E-state index in [9.17, 15) is 23.5 Å². The number of aromatic nitrogens is 2. The Kier molecular flexibility index (Phi) is 5.35. The maximum absolute atomic E-state index is 14.7. The zero-order chi connectivity index (χ0) is 21.4. The Labute approximate surface area is 169 Å². The number of hydrogen-bond acceptors (Lipinski definition) is 6. The number of carboxylic acid groups (broad SMARTS) is 1. The van der Waals surface area contributed by atoms with Crippen molar-refractivity contribution in [3.8, 4) is 0 Å². The molecule has 3 aromatic rings. The molecule has 158 valence electrons. The van der Waals surface area contributed by atoms with Gasteiger partial charge in [0.2, 0.25) is 5.43 Å². The molecule has 0 unspecified atom stereocenters. The molecule has 1 saturated heterocycles. The molecule has 2 aromatic heterocycles. The predicted molar refractivity (Wildman–Crippen MR) is 107 cm³/mol. The summed E-state index contributed by atoms with van der Waals surface area (Å²) in [5, 5.41) is 21.6. The van der Waals surface area contributed by atoms with Crippen LogP contribution in [0.4, 0.5) is 14.5 Å². The number of carboxylic acids is 1. The molecule has 0 radical (unpaired) electrons. The molecule has 0 saturated carbocycles. The number of anilines is 1. The minimum absolute atomic E-state index is 0.000202. The third-order valence-corrected chi connectivity index (χ3v) is 5.23. The molecule has 30 heavy (non-hydrogen) atoms. The van der Waals surface area contributed by atoms with Gasteiger partial charge in [0.05, 0.1) is 29.7 Å². The number of aliphatic hydroxyl groups excluding tert-OH is 1. The maximum Gasteiger partial charge on any atom is 0.341 e. The van der Waals surface area contributed by atoms with E-state index in [1.165, 1.54) is 16.7 Å². The lowest BCUT2D eigenvalue weighted by Crippen LogP contribution is -2.58. The van der Waals surface area contributed by atoms with Crippen molar-refractivity contribution in [2.24, 2.45) is 0 Å². The number of aromatic carboxylic acids is 1. The van der Waals surface area contributed by atoms with Crippen LogP contribution in [0.3, 0.4) is 0 Å². The van der Waals surface area contributed by atoms with Crippen LogP contribution in [-0.2, 0) is 6.54 Å². The smallest absolute Gasteiger partial charge is 0.341 e. The number of nitrogens with zero attached hydrogens (tertiary/aromatic N) is 3. The van der Waals surface area contributed by atoms with Gasteiger partial charge < -0.3 is 25.0 Å². The topological polar surface area (TPSA) is 108 Å². The van der Waals surface area contributed by atoms with Crippen molar-refractivity contribution in [2.45, 2.75) is 12.6 Å². The average molecular weight is 418 g/mol. The fourth-order valence-electron chi connectivity index (χ4n) is 3.71. The van der Waals surface area contributed by atoms with E-state index in [0.717, 1.165) is 6.20 Å². The van der Waals surface area contributed by atoms with Gasteiger partial charge in [-0.2, -0.15) is 0 Å². The van der Waals surface area contributed by atoms with Crippen LogP contribution in [0.25, 0.3) is 21.9 Å². The molecule has 1 aliphatic heterocycles. The summed E-state index contributed by atoms with van der Waals surface area (Å²) >= 11 is 0. The molecule has 0 spiro atoms. The normalized spacial score (nSPS) is 14.4. The highest BCUT2D eigenvalue weighted by atomic mass is 19.1. The van der Waals surface area contributed by atoms with Crippen LogP contribution < -0.4 is 15.6 Å². The monoisotopic (exact) mass is 418 g/mol. The average Bonchev–Trinajstić information content (AvgIpc) is 2.68. The standard InChI is InChI=1S/C20H20F2N4O4/c21-1-3-25-10-14(20(29)30)18(28)13-5-11-6-15(22)17(7-16(11)24-19(13)25)26-8-12(9-26)23-2-4-27/h5-7,10,12,23,27H,1-4,8-9H2,(H,29,30). The Morgan fingerprint density at radius 3 is 2.73 bits per heavy atom. The number of benzene rings is 1. The molecule has 10 heteroatoms. The van der Waals surface area contributed by atoms with Gasteiger partial charge in [-0.15, -0.1) is 0 Å². The van der Waals surface area contributed by atoms with Gasteiger partial charge in [-0.1, -0.05) is 0 Å². The third kappa shape index (κ3) is 3.48. The molecule has 1 fully saturated rings. The number of alkyl halides is 1. The number of aryl methyl sites for hydroxylation is 1. The second-order valence-electron chi connectivity index (χ2n) is 7.19. The molecule has 4 rings (SSSR count). The van der Waals surface area contributed by atoms with Crippen molar-refractivity contribution in [1.82, 2.24) is 14.9 Å². The lowest BCUT2D eigenvalue weighted by Gasteiger charge is -2.41. The molecule has 1 aliphatic rings. The molecule has 0 amide bonds. The lowest BCUT2D eigenvalue weighted by molar-refractivity contribution is 0.0694. The summed E-state index contributed by atoms with van der Waals surface area (Å²) < 4.78 is 29.0. The van der Waals surface area contributed by atoms with Crippen molar-refractivity contribution in [3.05, 3.63) is 46.0 Å². The Balaban J connectivity index is 1.80. The highest BCUT2D eigenvalue weighted by Gasteiger charge is 2.28. The Hall–Kier alpha value is -3.11. The fraction of sp³-hybridized carbons (Fsp3) is 0.350. The van der Waals surface area contributed by atoms with Gasteiger partial charge in [-0.3, -0.25) is 4.79 Å². The zero-order valence-electron chi connectivity index (χ0n) is 15.9. The van der Waals surface area contributed by atoms with E-state index in [-0.39, 0.29) is 30.2 Å². The number of nitrogens with one attached hydrogen (secondary N) is 1. The molecule has 3 heterocycles. The van der Waals surface area contributed by atoms with Crippen LogP contribution in [0.2, 0.25) is 0 Å². The summed E-state index contributed by atoms with van der Waals surface area (Å²) in [4.78, 5) is 30.2. The highest BCUT2D eigenvalue weighted by molar-refractivity contribution is 5.96. The zero-order valence-corrected chi connectivity index (χ0v) is 15.9. The third-order valence-electron chi connectivity index (χ3n) is 5.23. The maximum atomic E-state index is 14.7. The predicted octanol–water partition coefficient (Wildman–Crippen LogP) is 1.13. The van der Waals surface area contributed by atoms with E-state index in [4.69, 9.17) is 5.11 Å². The van der Waals surface area contributed by atoms with E-state index < -0.39 is 29.5 Å². The van der Waals surface area contributed by atoms with Crippen molar-refractivity contribution in [2.75, 3.05) is 37.8 Å². The van der Waals surface area contributed by atoms with Crippen molar-refractivity contribution in [1.29, 1.82) is 0 Å². The van der Waals surface area contributed by atoms with Gasteiger partial charge >= 0.3 is 5.97 Å². The van der Waals surface area contributed by atoms with Gasteiger partial charge in [0.25, 0.3) is 0 Å². The second kappa shape index (κ2) is 7.96. The van der Waals surface area contributed by atoms with Crippen molar-refractivity contribution < 1.29 is 23.8 Å². The molecule has 0 aliphatic carbocycles. The molecule has 0 bridgehead atoms. The summed E-state index contributed by atoms with van der Waals surface area (Å²) in [5.74, 6) is -1.90. The first-order chi connectivity index (χ1) is 14.4. The van der Waals surface area contributed by atoms with E-state index in [1.807, 2.05) is 4.90 Å². The Morgan fingerprint density at radius 1 is 1.30 bits per heavy atom. The van der Waals surface area contributed by atoms with Gasteiger partial charge in [0.1, 0.15) is 23.7 Å². The first kappa shape index (κ1) is 20.2. The number of halogens is 2. The van der Waals surface area contributed by atoms with E-state index in [2.05, 4.69) is 10.3 Å². The van der Waals surface area contributed by atoms with E-state index in [1.54, 1.807) is 6.07 Å². The number of aliphatic hydroxyl groups is 1. The minimum atomic E-state index is -1.42. The highest BCUT2D eigenvalue weighted by Crippen LogP contribution is 2.29. The number of hydrogen-bond donors (Lipinski definition) is 3. The SMILES string of the molecule is O=C(O)c1cn(CCF)c2nc3cc(N4CC(NCCO)C4)c(F)cc3cc2c1=O. The summed E-state index contributed by atoms with van der Waals surface area (Å²) in [5.41, 5.74) is -0.305. The van der Waals surface area contributed by atoms with Crippen molar-refractivity contribution >= 4 is 33.6 Å². The van der Waals surface area contributed by atoms with Crippen LogP contribution >= 0.6 is 0 Å². The summed E-state index contributed by atoms with van der Waals surface area (Å²) in [7, 11) is 0. The first-order valence-electron chi connectivity index (χ1n) is 9.49. The van der Waals surface area contributed by atoms with Crippen LogP contribution in [0.1, 0.15) is 10.4 Å². The molecule has 0 atom stereocenters. The minimum Gasteiger partial charge on any atom is -0.477 e. The largest absolute Gasteiger partial charge is 0.477 e. The summed E-state index contributed by atoms with van der Waals surface area (Å²) in [6, 6.07) is 4.39. The summed E-state index contributed by atoms with van der Waals surface area (Å²) in [6.07, 6.45) is 1.09. The van der Waals surface area contributed by atoms with Crippen LogP contribution in [0, 0.1) is 5.82 Å².